The molecular formula is C20H21ClN2O3. The standard InChI is InChI=1S/C20H21ClN2O3/c1-23(13-14-6-4-3-5-7-14)19(25)20(10-11-20)18(24)22-15-8-9-17(26-2)16(21)12-15/h3-9,12H,10-11,13H2,1-2H3,(H,22,24). The van der Waals surface area contributed by atoms with Crippen LogP contribution in [0.1, 0.15) is 18.4 Å². The molecule has 0 aromatic heterocycles. The number of methoxy groups -OCH3 is 1. The fraction of sp³-hybridized carbons (Fsp3) is 0.300. The van der Waals surface area contributed by atoms with Gasteiger partial charge >= 0.3 is 0 Å². The molecule has 0 unspecified atom stereocenters. The summed E-state index contributed by atoms with van der Waals surface area (Å²) in [6.07, 6.45) is 1.11. The van der Waals surface area contributed by atoms with Crippen molar-refractivity contribution in [1.29, 1.82) is 0 Å². The molecule has 2 amide bonds. The largest absolute Gasteiger partial charge is 0.495 e. The first-order chi connectivity index (χ1) is 12.5. The minimum absolute atomic E-state index is 0.154. The maximum Gasteiger partial charge on any atom is 0.240 e. The topological polar surface area (TPSA) is 58.6 Å². The summed E-state index contributed by atoms with van der Waals surface area (Å²) in [4.78, 5) is 27.2. The average molecular weight is 373 g/mol. The molecule has 1 aliphatic rings. The molecule has 3 rings (SSSR count). The second kappa shape index (κ2) is 7.38. The lowest BCUT2D eigenvalue weighted by Crippen LogP contribution is -2.40. The van der Waals surface area contributed by atoms with Gasteiger partial charge in [-0.2, -0.15) is 0 Å². The molecule has 0 bridgehead atoms. The Balaban J connectivity index is 1.68. The lowest BCUT2D eigenvalue weighted by atomic mass is 10.0. The fourth-order valence-electron chi connectivity index (χ4n) is 2.95. The van der Waals surface area contributed by atoms with Crippen molar-refractivity contribution in [2.24, 2.45) is 5.41 Å². The van der Waals surface area contributed by atoms with E-state index in [1.54, 1.807) is 30.1 Å². The molecule has 1 N–H and O–H groups in total. The first kappa shape index (κ1) is 18.3. The zero-order valence-electron chi connectivity index (χ0n) is 14.8. The molecule has 0 heterocycles. The Morgan fingerprint density at radius 3 is 2.46 bits per heavy atom. The second-order valence-corrected chi connectivity index (χ2v) is 6.94. The van der Waals surface area contributed by atoms with Gasteiger partial charge in [-0.25, -0.2) is 0 Å². The highest BCUT2D eigenvalue weighted by molar-refractivity contribution is 6.32. The van der Waals surface area contributed by atoms with E-state index in [0.29, 0.717) is 35.8 Å². The number of rotatable bonds is 6. The number of benzene rings is 2. The third-order valence-electron chi connectivity index (χ3n) is 4.61. The lowest BCUT2D eigenvalue weighted by molar-refractivity contribution is -0.141. The van der Waals surface area contributed by atoms with Crippen LogP contribution in [0.25, 0.3) is 0 Å². The SMILES string of the molecule is COc1ccc(NC(=O)C2(C(=O)N(C)Cc3ccccc3)CC2)cc1Cl. The highest BCUT2D eigenvalue weighted by Gasteiger charge is 2.57. The highest BCUT2D eigenvalue weighted by atomic mass is 35.5. The van der Waals surface area contributed by atoms with Crippen LogP contribution in [0.15, 0.2) is 48.5 Å². The van der Waals surface area contributed by atoms with Gasteiger partial charge in [0.2, 0.25) is 11.8 Å². The van der Waals surface area contributed by atoms with Crippen molar-refractivity contribution in [3.05, 3.63) is 59.1 Å². The Kier molecular flexibility index (Phi) is 5.18. The molecule has 0 spiro atoms. The molecular weight excluding hydrogens is 352 g/mol. The zero-order chi connectivity index (χ0) is 18.7. The number of carbonyl (C=O) groups is 2. The molecule has 1 aliphatic carbocycles. The zero-order valence-corrected chi connectivity index (χ0v) is 15.5. The van der Waals surface area contributed by atoms with Crippen molar-refractivity contribution in [2.75, 3.05) is 19.5 Å². The first-order valence-electron chi connectivity index (χ1n) is 8.41. The Bertz CT molecular complexity index is 819. The van der Waals surface area contributed by atoms with Crippen LogP contribution < -0.4 is 10.1 Å². The van der Waals surface area contributed by atoms with E-state index in [0.717, 1.165) is 5.56 Å². The van der Waals surface area contributed by atoms with Crippen molar-refractivity contribution in [3.63, 3.8) is 0 Å². The number of nitrogens with zero attached hydrogens (tertiary/aromatic N) is 1. The maximum atomic E-state index is 12.8. The summed E-state index contributed by atoms with van der Waals surface area (Å²) in [5, 5.41) is 3.22. The normalized spacial score (nSPS) is 14.4. The van der Waals surface area contributed by atoms with Crippen molar-refractivity contribution < 1.29 is 14.3 Å². The van der Waals surface area contributed by atoms with Gasteiger partial charge in [0.1, 0.15) is 11.2 Å². The molecule has 0 radical (unpaired) electrons. The number of amides is 2. The average Bonchev–Trinajstić information content (AvgIpc) is 3.44. The summed E-state index contributed by atoms with van der Waals surface area (Å²) in [6.45, 7) is 0.475. The van der Waals surface area contributed by atoms with Crippen LogP contribution in [0.4, 0.5) is 5.69 Å². The molecule has 26 heavy (non-hydrogen) atoms. The van der Waals surface area contributed by atoms with E-state index in [4.69, 9.17) is 16.3 Å². The van der Waals surface area contributed by atoms with Crippen molar-refractivity contribution in [1.82, 2.24) is 4.90 Å². The van der Waals surface area contributed by atoms with Gasteiger partial charge < -0.3 is 15.0 Å². The van der Waals surface area contributed by atoms with Crippen LogP contribution in [-0.2, 0) is 16.1 Å². The summed E-state index contributed by atoms with van der Waals surface area (Å²) in [7, 11) is 3.26. The molecule has 136 valence electrons. The van der Waals surface area contributed by atoms with E-state index in [2.05, 4.69) is 5.32 Å². The summed E-state index contributed by atoms with van der Waals surface area (Å²) in [6, 6.07) is 14.7. The second-order valence-electron chi connectivity index (χ2n) is 6.53. The van der Waals surface area contributed by atoms with Crippen molar-refractivity contribution >= 4 is 29.1 Å². The van der Waals surface area contributed by atoms with Crippen LogP contribution in [0.3, 0.4) is 0 Å². The van der Waals surface area contributed by atoms with Gasteiger partial charge in [-0.3, -0.25) is 9.59 Å². The summed E-state index contributed by atoms with van der Waals surface area (Å²) in [5.41, 5.74) is 0.600. The van der Waals surface area contributed by atoms with Gasteiger partial charge in [0.15, 0.2) is 0 Å². The van der Waals surface area contributed by atoms with Crippen LogP contribution in [-0.4, -0.2) is 30.9 Å². The van der Waals surface area contributed by atoms with Crippen LogP contribution >= 0.6 is 11.6 Å². The third-order valence-corrected chi connectivity index (χ3v) is 4.91. The molecule has 2 aromatic rings. The number of ether oxygens (including phenoxy) is 1. The Hall–Kier alpha value is -2.53. The number of hydrogen-bond donors (Lipinski definition) is 1. The highest BCUT2D eigenvalue weighted by Crippen LogP contribution is 2.48. The Morgan fingerprint density at radius 1 is 1.19 bits per heavy atom. The monoisotopic (exact) mass is 372 g/mol. The molecule has 5 nitrogen and oxygen atoms in total. The summed E-state index contributed by atoms with van der Waals surface area (Å²) in [5.74, 6) is 0.0894. The van der Waals surface area contributed by atoms with E-state index in [1.165, 1.54) is 7.11 Å². The van der Waals surface area contributed by atoms with Gasteiger partial charge in [0.25, 0.3) is 0 Å². The molecule has 0 atom stereocenters. The molecule has 0 saturated heterocycles. The van der Waals surface area contributed by atoms with E-state index in [1.807, 2.05) is 30.3 Å². The first-order valence-corrected chi connectivity index (χ1v) is 8.78. The van der Waals surface area contributed by atoms with Crippen molar-refractivity contribution in [2.45, 2.75) is 19.4 Å². The van der Waals surface area contributed by atoms with Crippen LogP contribution in [0.2, 0.25) is 5.02 Å². The van der Waals surface area contributed by atoms with Gasteiger partial charge in [-0.1, -0.05) is 41.9 Å². The molecule has 1 saturated carbocycles. The molecule has 2 aromatic carbocycles. The van der Waals surface area contributed by atoms with Gasteiger partial charge in [-0.15, -0.1) is 0 Å². The van der Waals surface area contributed by atoms with E-state index < -0.39 is 5.41 Å². The number of nitrogens with one attached hydrogen (secondary N) is 1. The molecule has 1 fully saturated rings. The summed E-state index contributed by atoms with van der Waals surface area (Å²) >= 11 is 6.09. The number of hydrogen-bond acceptors (Lipinski definition) is 3. The third kappa shape index (κ3) is 3.68. The van der Waals surface area contributed by atoms with Crippen molar-refractivity contribution in [3.8, 4) is 5.75 Å². The molecule has 0 aliphatic heterocycles. The van der Waals surface area contributed by atoms with Crippen LogP contribution in [0.5, 0.6) is 5.75 Å². The van der Waals surface area contributed by atoms with Crippen LogP contribution in [0, 0.1) is 5.41 Å². The van der Waals surface area contributed by atoms with E-state index in [9.17, 15) is 9.59 Å². The predicted molar refractivity (Wildman–Crippen MR) is 101 cm³/mol. The summed E-state index contributed by atoms with van der Waals surface area (Å²) < 4.78 is 5.11. The van der Waals surface area contributed by atoms with E-state index in [-0.39, 0.29) is 11.8 Å². The lowest BCUT2D eigenvalue weighted by Gasteiger charge is -2.23. The number of anilines is 1. The Morgan fingerprint density at radius 2 is 1.88 bits per heavy atom. The van der Waals surface area contributed by atoms with Gasteiger partial charge in [-0.05, 0) is 36.6 Å². The molecule has 6 heteroatoms. The van der Waals surface area contributed by atoms with Gasteiger partial charge in [0, 0.05) is 19.3 Å². The fourth-order valence-corrected chi connectivity index (χ4v) is 3.21. The van der Waals surface area contributed by atoms with Gasteiger partial charge in [0.05, 0.1) is 12.1 Å². The minimum Gasteiger partial charge on any atom is -0.495 e. The van der Waals surface area contributed by atoms with E-state index >= 15 is 0 Å². The Labute approximate surface area is 157 Å². The minimum atomic E-state index is -0.976. The smallest absolute Gasteiger partial charge is 0.240 e. The quantitative estimate of drug-likeness (QED) is 0.786. The number of halogens is 1. The number of carbonyl (C=O) groups excluding carboxylic acids is 2. The predicted octanol–water partition coefficient (Wildman–Crippen LogP) is 3.73. The maximum absolute atomic E-state index is 12.8.